The van der Waals surface area contributed by atoms with Crippen molar-refractivity contribution in [2.75, 3.05) is 7.11 Å². The minimum absolute atomic E-state index is 0.0568. The second-order valence-electron chi connectivity index (χ2n) is 5.65. The van der Waals surface area contributed by atoms with Crippen LogP contribution >= 0.6 is 0 Å². The first kappa shape index (κ1) is 15.2. The smallest absolute Gasteiger partial charge is 0.255 e. The number of hydrogen-bond donors (Lipinski definition) is 3. The zero-order chi connectivity index (χ0) is 16.4. The van der Waals surface area contributed by atoms with E-state index in [1.165, 1.54) is 18.2 Å². The summed E-state index contributed by atoms with van der Waals surface area (Å²) in [5.41, 5.74) is 2.23. The van der Waals surface area contributed by atoms with Gasteiger partial charge in [0, 0.05) is 0 Å². The molecule has 0 heterocycles. The molecule has 120 valence electrons. The van der Waals surface area contributed by atoms with Crippen molar-refractivity contribution in [3.8, 4) is 17.2 Å². The van der Waals surface area contributed by atoms with E-state index in [1.54, 1.807) is 7.11 Å². The molecule has 0 aromatic heterocycles. The largest absolute Gasteiger partial charge is 0.508 e. The highest BCUT2D eigenvalue weighted by molar-refractivity contribution is 5.97. The molecular weight excluding hydrogens is 294 g/mol. The van der Waals surface area contributed by atoms with Gasteiger partial charge < -0.3 is 20.3 Å². The molecule has 0 saturated carbocycles. The fourth-order valence-corrected chi connectivity index (χ4v) is 3.10. The summed E-state index contributed by atoms with van der Waals surface area (Å²) in [5, 5.41) is 22.3. The lowest BCUT2D eigenvalue weighted by Gasteiger charge is -2.27. The summed E-state index contributed by atoms with van der Waals surface area (Å²) in [6.07, 6.45) is 2.69. The van der Waals surface area contributed by atoms with Gasteiger partial charge in [-0.2, -0.15) is 0 Å². The predicted octanol–water partition coefficient (Wildman–Crippen LogP) is 2.91. The summed E-state index contributed by atoms with van der Waals surface area (Å²) >= 11 is 0. The second kappa shape index (κ2) is 6.20. The second-order valence-corrected chi connectivity index (χ2v) is 5.65. The Hall–Kier alpha value is -2.69. The molecule has 0 fully saturated rings. The minimum atomic E-state index is -0.404. The Morgan fingerprint density at radius 3 is 2.87 bits per heavy atom. The van der Waals surface area contributed by atoms with Crippen LogP contribution in [-0.4, -0.2) is 23.2 Å². The van der Waals surface area contributed by atoms with E-state index >= 15 is 0 Å². The van der Waals surface area contributed by atoms with Gasteiger partial charge in [-0.25, -0.2) is 0 Å². The Labute approximate surface area is 134 Å². The van der Waals surface area contributed by atoms with Crippen LogP contribution in [0.15, 0.2) is 36.4 Å². The molecule has 1 aliphatic rings. The molecule has 2 aromatic rings. The molecular formula is C18H19NO4. The molecule has 0 saturated heterocycles. The first-order valence-corrected chi connectivity index (χ1v) is 7.58. The number of nitrogens with one attached hydrogen (secondary N) is 1. The van der Waals surface area contributed by atoms with Crippen LogP contribution in [-0.2, 0) is 6.42 Å². The van der Waals surface area contributed by atoms with E-state index in [9.17, 15) is 15.0 Å². The summed E-state index contributed by atoms with van der Waals surface area (Å²) in [5.74, 6) is 0.223. The molecule has 1 atom stereocenters. The molecule has 0 aliphatic heterocycles. The summed E-state index contributed by atoms with van der Waals surface area (Å²) in [4.78, 5) is 12.4. The summed E-state index contributed by atoms with van der Waals surface area (Å²) in [6, 6.07) is 9.60. The first-order chi connectivity index (χ1) is 11.1. The van der Waals surface area contributed by atoms with Gasteiger partial charge in [-0.3, -0.25) is 4.79 Å². The fourth-order valence-electron chi connectivity index (χ4n) is 3.10. The van der Waals surface area contributed by atoms with E-state index in [4.69, 9.17) is 4.74 Å². The van der Waals surface area contributed by atoms with Crippen LogP contribution in [0.4, 0.5) is 0 Å². The van der Waals surface area contributed by atoms with E-state index in [2.05, 4.69) is 5.32 Å². The number of fused-ring (bicyclic) bond motifs is 1. The maximum Gasteiger partial charge on any atom is 0.255 e. The lowest BCUT2D eigenvalue weighted by atomic mass is 9.87. The number of phenols is 2. The van der Waals surface area contributed by atoms with Crippen LogP contribution in [0.5, 0.6) is 17.2 Å². The maximum atomic E-state index is 12.4. The van der Waals surface area contributed by atoms with Gasteiger partial charge in [-0.15, -0.1) is 0 Å². The SMILES string of the molecule is COc1cccc2c1CCCC2NC(=O)c1cc(O)ccc1O. The van der Waals surface area contributed by atoms with Crippen LogP contribution in [0, 0.1) is 0 Å². The van der Waals surface area contributed by atoms with Gasteiger partial charge in [0.2, 0.25) is 0 Å². The molecule has 1 unspecified atom stereocenters. The molecule has 0 radical (unpaired) electrons. The van der Waals surface area contributed by atoms with E-state index in [1.807, 2.05) is 18.2 Å². The van der Waals surface area contributed by atoms with Crippen molar-refractivity contribution in [2.24, 2.45) is 0 Å². The summed E-state index contributed by atoms with van der Waals surface area (Å²) in [6.45, 7) is 0. The van der Waals surface area contributed by atoms with E-state index in [-0.39, 0.29) is 23.1 Å². The van der Waals surface area contributed by atoms with E-state index in [0.29, 0.717) is 0 Å². The number of methoxy groups -OCH3 is 1. The minimum Gasteiger partial charge on any atom is -0.508 e. The number of ether oxygens (including phenoxy) is 1. The number of amides is 1. The Kier molecular flexibility index (Phi) is 4.10. The van der Waals surface area contributed by atoms with E-state index in [0.717, 1.165) is 36.1 Å². The van der Waals surface area contributed by atoms with Gasteiger partial charge in [-0.1, -0.05) is 12.1 Å². The Morgan fingerprint density at radius 2 is 2.09 bits per heavy atom. The third kappa shape index (κ3) is 2.95. The fraction of sp³-hybridized carbons (Fsp3) is 0.278. The van der Waals surface area contributed by atoms with Gasteiger partial charge in [0.05, 0.1) is 18.7 Å². The highest BCUT2D eigenvalue weighted by Crippen LogP contribution is 2.35. The Balaban J connectivity index is 1.88. The predicted molar refractivity (Wildman–Crippen MR) is 85.9 cm³/mol. The summed E-state index contributed by atoms with van der Waals surface area (Å²) < 4.78 is 5.40. The van der Waals surface area contributed by atoms with Crippen LogP contribution in [0.3, 0.4) is 0 Å². The molecule has 1 amide bonds. The number of hydrogen-bond acceptors (Lipinski definition) is 4. The molecule has 2 aromatic carbocycles. The third-order valence-electron chi connectivity index (χ3n) is 4.21. The molecule has 0 spiro atoms. The van der Waals surface area contributed by atoms with Crippen LogP contribution in [0.2, 0.25) is 0 Å². The quantitative estimate of drug-likeness (QED) is 0.761. The molecule has 23 heavy (non-hydrogen) atoms. The number of benzene rings is 2. The van der Waals surface area contributed by atoms with Crippen molar-refractivity contribution in [3.05, 3.63) is 53.1 Å². The van der Waals surface area contributed by atoms with Gasteiger partial charge in [0.1, 0.15) is 17.2 Å². The van der Waals surface area contributed by atoms with Crippen molar-refractivity contribution in [3.63, 3.8) is 0 Å². The maximum absolute atomic E-state index is 12.4. The van der Waals surface area contributed by atoms with Crippen LogP contribution in [0.1, 0.15) is 40.4 Å². The lowest BCUT2D eigenvalue weighted by molar-refractivity contribution is 0.0929. The first-order valence-electron chi connectivity index (χ1n) is 7.58. The van der Waals surface area contributed by atoms with Gasteiger partial charge in [0.25, 0.3) is 5.91 Å². The van der Waals surface area contributed by atoms with Crippen molar-refractivity contribution in [1.29, 1.82) is 0 Å². The van der Waals surface area contributed by atoms with Gasteiger partial charge in [-0.05, 0) is 54.7 Å². The highest BCUT2D eigenvalue weighted by Gasteiger charge is 2.25. The molecule has 3 N–H and O–H groups in total. The molecule has 5 heteroatoms. The van der Waals surface area contributed by atoms with Crippen molar-refractivity contribution >= 4 is 5.91 Å². The Morgan fingerprint density at radius 1 is 1.26 bits per heavy atom. The summed E-state index contributed by atoms with van der Waals surface area (Å²) in [7, 11) is 1.64. The number of carbonyl (C=O) groups excluding carboxylic acids is 1. The number of carbonyl (C=O) groups is 1. The van der Waals surface area contributed by atoms with Crippen LogP contribution in [0.25, 0.3) is 0 Å². The van der Waals surface area contributed by atoms with Gasteiger partial charge >= 0.3 is 0 Å². The molecule has 0 bridgehead atoms. The number of rotatable bonds is 3. The molecule has 1 aliphatic carbocycles. The standard InChI is InChI=1S/C18H19NO4/c1-23-17-7-3-4-12-13(17)5-2-6-15(12)19-18(22)14-10-11(20)8-9-16(14)21/h3-4,7-10,15,20-21H,2,5-6H2,1H3,(H,19,22). The van der Waals surface area contributed by atoms with Crippen LogP contribution < -0.4 is 10.1 Å². The molecule has 5 nitrogen and oxygen atoms in total. The number of aromatic hydroxyl groups is 2. The molecule has 3 rings (SSSR count). The average molecular weight is 313 g/mol. The average Bonchev–Trinajstić information content (AvgIpc) is 2.56. The zero-order valence-electron chi connectivity index (χ0n) is 12.9. The highest BCUT2D eigenvalue weighted by atomic mass is 16.5. The van der Waals surface area contributed by atoms with Gasteiger partial charge in [0.15, 0.2) is 0 Å². The van der Waals surface area contributed by atoms with E-state index < -0.39 is 5.91 Å². The van der Waals surface area contributed by atoms with Crippen molar-refractivity contribution in [2.45, 2.75) is 25.3 Å². The topological polar surface area (TPSA) is 78.8 Å². The lowest BCUT2D eigenvalue weighted by Crippen LogP contribution is -2.31. The third-order valence-corrected chi connectivity index (χ3v) is 4.21. The normalized spacial score (nSPS) is 16.5. The monoisotopic (exact) mass is 313 g/mol. The number of phenolic OH excluding ortho intramolecular Hbond substituents is 2. The van der Waals surface area contributed by atoms with Crippen molar-refractivity contribution in [1.82, 2.24) is 5.32 Å². The Bertz CT molecular complexity index is 742. The zero-order valence-corrected chi connectivity index (χ0v) is 12.9. The van der Waals surface area contributed by atoms with Crippen molar-refractivity contribution < 1.29 is 19.7 Å².